The highest BCUT2D eigenvalue weighted by Crippen LogP contribution is 2.11. The van der Waals surface area contributed by atoms with E-state index in [1.54, 1.807) is 0 Å². The second-order valence-electron chi connectivity index (χ2n) is 2.69. The van der Waals surface area contributed by atoms with E-state index in [2.05, 4.69) is 66.5 Å². The fourth-order valence-electron chi connectivity index (χ4n) is 1.13. The quantitative estimate of drug-likeness (QED) is 0.650. The van der Waals surface area contributed by atoms with Crippen LogP contribution in [-0.2, 0) is 0 Å². The summed E-state index contributed by atoms with van der Waals surface area (Å²) in [6, 6.07) is 16.7. The molecule has 3 heteroatoms. The first-order valence-corrected chi connectivity index (χ1v) is 4.53. The second-order valence-corrected chi connectivity index (χ2v) is 3.10. The number of thiocarbonyl (C=S) groups is 1. The van der Waals surface area contributed by atoms with Gasteiger partial charge in [0, 0.05) is 0 Å². The number of aliphatic hydroxyl groups is 1. The van der Waals surface area contributed by atoms with Crippen molar-refractivity contribution in [1.29, 1.82) is 0 Å². The van der Waals surface area contributed by atoms with Crippen molar-refractivity contribution in [2.45, 2.75) is 0 Å². The van der Waals surface area contributed by atoms with Crippen LogP contribution in [0.4, 0.5) is 0 Å². The number of fused-ring (bicyclic) bond motifs is 1. The van der Waals surface area contributed by atoms with Crippen molar-refractivity contribution in [1.82, 2.24) is 0 Å². The van der Waals surface area contributed by atoms with Crippen LogP contribution in [0.3, 0.4) is 0 Å². The second kappa shape index (κ2) is 5.19. The lowest BCUT2D eigenvalue weighted by molar-refractivity contribution is 0.560. The van der Waals surface area contributed by atoms with E-state index in [-0.39, 0.29) is 0 Å². The van der Waals surface area contributed by atoms with E-state index < -0.39 is 5.17 Å². The van der Waals surface area contributed by atoms with Gasteiger partial charge in [-0.05, 0) is 23.0 Å². The summed E-state index contributed by atoms with van der Waals surface area (Å²) in [5.74, 6) is 0. The zero-order chi connectivity index (χ0) is 10.4. The fourth-order valence-corrected chi connectivity index (χ4v) is 1.13. The lowest BCUT2D eigenvalue weighted by Gasteiger charge is -1.92. The molecule has 0 aliphatic carbocycles. The van der Waals surface area contributed by atoms with Gasteiger partial charge in [0.1, 0.15) is 0 Å². The Labute approximate surface area is 88.0 Å². The fraction of sp³-hybridized carbons (Fsp3) is 0. The highest BCUT2D eigenvalue weighted by Gasteiger charge is 1.85. The van der Waals surface area contributed by atoms with Crippen LogP contribution in [0.25, 0.3) is 10.8 Å². The van der Waals surface area contributed by atoms with Crippen molar-refractivity contribution in [2.75, 3.05) is 0 Å². The first kappa shape index (κ1) is 10.5. The van der Waals surface area contributed by atoms with Gasteiger partial charge < -0.3 is 10.8 Å². The molecule has 0 saturated carbocycles. The van der Waals surface area contributed by atoms with Crippen LogP contribution >= 0.6 is 12.2 Å². The summed E-state index contributed by atoms with van der Waals surface area (Å²) in [5, 5.41) is 9.69. The van der Waals surface area contributed by atoms with E-state index in [0.717, 1.165) is 0 Å². The summed E-state index contributed by atoms with van der Waals surface area (Å²) in [6.45, 7) is 0. The van der Waals surface area contributed by atoms with Crippen LogP contribution < -0.4 is 5.73 Å². The van der Waals surface area contributed by atoms with E-state index in [0.29, 0.717) is 0 Å². The molecular weight excluding hydrogens is 194 g/mol. The van der Waals surface area contributed by atoms with Gasteiger partial charge >= 0.3 is 0 Å². The summed E-state index contributed by atoms with van der Waals surface area (Å²) in [5.41, 5.74) is 4.40. The molecule has 2 nitrogen and oxygen atoms in total. The summed E-state index contributed by atoms with van der Waals surface area (Å²) < 4.78 is 0. The normalized spacial score (nSPS) is 8.86. The Kier molecular flexibility index (Phi) is 3.88. The molecule has 2 rings (SSSR count). The Morgan fingerprint density at radius 1 is 0.929 bits per heavy atom. The maximum Gasteiger partial charge on any atom is 0.251 e. The Bertz CT molecular complexity index is 359. The average Bonchev–Trinajstić information content (AvgIpc) is 2.17. The molecule has 0 amide bonds. The highest BCUT2D eigenvalue weighted by molar-refractivity contribution is 7.79. The molecule has 0 radical (unpaired) electrons. The molecule has 0 aliphatic heterocycles. The van der Waals surface area contributed by atoms with Gasteiger partial charge in [-0.2, -0.15) is 0 Å². The van der Waals surface area contributed by atoms with Gasteiger partial charge in [-0.15, -0.1) is 0 Å². The third kappa shape index (κ3) is 3.41. The standard InChI is InChI=1S/C10H8.CH3NOS/c1-2-6-10-8-4-3-7-9(10)5-1;2-1(3)4/h1-8H;(H3,2,3,4). The molecule has 72 valence electrons. The lowest BCUT2D eigenvalue weighted by atomic mass is 10.1. The molecule has 0 atom stereocenters. The van der Waals surface area contributed by atoms with Crippen molar-refractivity contribution < 1.29 is 5.11 Å². The zero-order valence-corrected chi connectivity index (χ0v) is 8.37. The largest absolute Gasteiger partial charge is 0.487 e. The van der Waals surface area contributed by atoms with Crippen LogP contribution in [0.2, 0.25) is 0 Å². The van der Waals surface area contributed by atoms with Gasteiger partial charge in [-0.25, -0.2) is 0 Å². The monoisotopic (exact) mass is 205 g/mol. The number of nitrogens with two attached hydrogens (primary N) is 1. The van der Waals surface area contributed by atoms with Crippen molar-refractivity contribution in [3.8, 4) is 0 Å². The number of aliphatic hydroxyl groups excluding tert-OH is 1. The van der Waals surface area contributed by atoms with Gasteiger partial charge in [0.2, 0.25) is 0 Å². The molecule has 0 unspecified atom stereocenters. The smallest absolute Gasteiger partial charge is 0.251 e. The molecule has 14 heavy (non-hydrogen) atoms. The van der Waals surface area contributed by atoms with Gasteiger partial charge in [-0.3, -0.25) is 0 Å². The van der Waals surface area contributed by atoms with E-state index in [1.165, 1.54) is 10.8 Å². The molecule has 2 aromatic rings. The minimum atomic E-state index is -0.500. The Hall–Kier alpha value is -1.61. The van der Waals surface area contributed by atoms with Crippen molar-refractivity contribution in [2.24, 2.45) is 5.73 Å². The predicted octanol–water partition coefficient (Wildman–Crippen LogP) is 2.63. The summed E-state index contributed by atoms with van der Waals surface area (Å²) in [7, 11) is 0. The molecule has 0 fully saturated rings. The molecule has 0 bridgehead atoms. The molecule has 0 aromatic heterocycles. The maximum absolute atomic E-state index is 7.56. The van der Waals surface area contributed by atoms with E-state index >= 15 is 0 Å². The molecule has 0 aliphatic rings. The first-order chi connectivity index (χ1) is 6.70. The average molecular weight is 205 g/mol. The summed E-state index contributed by atoms with van der Waals surface area (Å²) in [6.07, 6.45) is 0. The first-order valence-electron chi connectivity index (χ1n) is 4.12. The number of hydrogen-bond donors (Lipinski definition) is 2. The minimum Gasteiger partial charge on any atom is -0.487 e. The Morgan fingerprint density at radius 3 is 1.36 bits per heavy atom. The topological polar surface area (TPSA) is 46.2 Å². The number of benzene rings is 2. The van der Waals surface area contributed by atoms with Crippen LogP contribution in [0.15, 0.2) is 48.5 Å². The summed E-state index contributed by atoms with van der Waals surface area (Å²) >= 11 is 3.87. The molecule has 3 N–H and O–H groups in total. The van der Waals surface area contributed by atoms with Crippen molar-refractivity contribution >= 4 is 28.2 Å². The maximum atomic E-state index is 7.56. The molecule has 2 aromatic carbocycles. The Balaban J connectivity index is 0.000000213. The third-order valence-corrected chi connectivity index (χ3v) is 1.66. The Morgan fingerprint density at radius 2 is 1.14 bits per heavy atom. The van der Waals surface area contributed by atoms with Crippen LogP contribution in [0.5, 0.6) is 0 Å². The summed E-state index contributed by atoms with van der Waals surface area (Å²) in [4.78, 5) is 0. The van der Waals surface area contributed by atoms with Gasteiger partial charge in [0.15, 0.2) is 0 Å². The van der Waals surface area contributed by atoms with Crippen molar-refractivity contribution in [3.05, 3.63) is 48.5 Å². The zero-order valence-electron chi connectivity index (χ0n) is 7.55. The van der Waals surface area contributed by atoms with E-state index in [1.807, 2.05) is 0 Å². The third-order valence-electron chi connectivity index (χ3n) is 1.66. The van der Waals surface area contributed by atoms with Gasteiger partial charge in [0.05, 0.1) is 0 Å². The predicted molar refractivity (Wildman–Crippen MR) is 63.4 cm³/mol. The highest BCUT2D eigenvalue weighted by atomic mass is 32.1. The van der Waals surface area contributed by atoms with Crippen LogP contribution in [0, 0.1) is 0 Å². The van der Waals surface area contributed by atoms with Gasteiger partial charge in [0.25, 0.3) is 5.17 Å². The van der Waals surface area contributed by atoms with E-state index in [4.69, 9.17) is 5.11 Å². The minimum absolute atomic E-state index is 0.500. The SMILES string of the molecule is NC(O)=S.c1ccc2ccccc2c1. The lowest BCUT2D eigenvalue weighted by Crippen LogP contribution is -2.03. The number of hydrogen-bond acceptors (Lipinski definition) is 1. The number of rotatable bonds is 0. The molecule has 0 saturated heterocycles. The molecule has 0 heterocycles. The molecular formula is C11H11NOS. The van der Waals surface area contributed by atoms with Crippen LogP contribution in [-0.4, -0.2) is 10.3 Å². The molecule has 0 spiro atoms. The van der Waals surface area contributed by atoms with Crippen LogP contribution in [0.1, 0.15) is 0 Å². The van der Waals surface area contributed by atoms with Crippen molar-refractivity contribution in [3.63, 3.8) is 0 Å². The van der Waals surface area contributed by atoms with Gasteiger partial charge in [-0.1, -0.05) is 48.5 Å². The van der Waals surface area contributed by atoms with E-state index in [9.17, 15) is 0 Å².